The normalized spacial score (nSPS) is 11.0. The molecule has 3 aromatic rings. The molecule has 0 unspecified atom stereocenters. The molecule has 4 nitrogen and oxygen atoms in total. The number of benzene rings is 1. The van der Waals surface area contributed by atoms with Crippen molar-refractivity contribution in [1.82, 2.24) is 4.98 Å². The maximum atomic E-state index is 12.1. The zero-order valence-electron chi connectivity index (χ0n) is 11.9. The lowest BCUT2D eigenvalue weighted by Gasteiger charge is -2.09. The van der Waals surface area contributed by atoms with E-state index in [1.807, 2.05) is 35.0 Å². The Morgan fingerprint density at radius 2 is 2.23 bits per heavy atom. The number of fused-ring (bicyclic) bond motifs is 1. The lowest BCUT2D eigenvalue weighted by molar-refractivity contribution is -0.111. The number of thiophene rings is 1. The molecule has 0 radical (unpaired) electrons. The van der Waals surface area contributed by atoms with Crippen LogP contribution in [0.1, 0.15) is 5.56 Å². The third-order valence-corrected chi connectivity index (χ3v) is 3.88. The summed E-state index contributed by atoms with van der Waals surface area (Å²) in [5.41, 5.74) is 2.45. The Morgan fingerprint density at radius 3 is 3.00 bits per heavy atom. The van der Waals surface area contributed by atoms with Crippen molar-refractivity contribution in [3.05, 3.63) is 58.9 Å². The largest absolute Gasteiger partial charge is 0.494 e. The van der Waals surface area contributed by atoms with Crippen LogP contribution in [0.15, 0.2) is 53.4 Å². The minimum atomic E-state index is -0.179. The molecule has 0 aliphatic carbocycles. The highest BCUT2D eigenvalue weighted by Gasteiger charge is 2.08. The third kappa shape index (κ3) is 2.99. The van der Waals surface area contributed by atoms with Crippen LogP contribution in [-0.4, -0.2) is 18.0 Å². The Hall–Kier alpha value is -2.66. The number of aromatic nitrogens is 1. The van der Waals surface area contributed by atoms with Gasteiger partial charge in [0.1, 0.15) is 11.3 Å². The Kier molecular flexibility index (Phi) is 4.16. The van der Waals surface area contributed by atoms with Crippen molar-refractivity contribution in [2.24, 2.45) is 0 Å². The molecule has 2 heterocycles. The molecule has 0 saturated carbocycles. The SMILES string of the molecule is COc1ccc(NC(=O)/C=C/c2ccsc2)c2cccnc12. The molecule has 0 fully saturated rings. The van der Waals surface area contributed by atoms with Crippen molar-refractivity contribution < 1.29 is 9.53 Å². The highest BCUT2D eigenvalue weighted by Crippen LogP contribution is 2.29. The molecule has 0 saturated heterocycles. The van der Waals surface area contributed by atoms with Crippen LogP contribution < -0.4 is 10.1 Å². The molecule has 1 N–H and O–H groups in total. The molecule has 0 bridgehead atoms. The zero-order valence-corrected chi connectivity index (χ0v) is 12.8. The van der Waals surface area contributed by atoms with Crippen molar-refractivity contribution in [1.29, 1.82) is 0 Å². The van der Waals surface area contributed by atoms with E-state index in [1.165, 1.54) is 6.08 Å². The first kappa shape index (κ1) is 14.3. The van der Waals surface area contributed by atoms with Gasteiger partial charge in [0.2, 0.25) is 5.91 Å². The number of carbonyl (C=O) groups excluding carboxylic acids is 1. The van der Waals surface area contributed by atoms with Gasteiger partial charge in [-0.15, -0.1) is 0 Å². The van der Waals surface area contributed by atoms with E-state index in [1.54, 1.807) is 36.8 Å². The van der Waals surface area contributed by atoms with E-state index in [9.17, 15) is 4.79 Å². The van der Waals surface area contributed by atoms with Crippen LogP contribution in [0.2, 0.25) is 0 Å². The lowest BCUT2D eigenvalue weighted by Crippen LogP contribution is -2.08. The summed E-state index contributed by atoms with van der Waals surface area (Å²) in [5, 5.41) is 7.68. The number of methoxy groups -OCH3 is 1. The fourth-order valence-electron chi connectivity index (χ4n) is 2.14. The second kappa shape index (κ2) is 6.41. The van der Waals surface area contributed by atoms with Gasteiger partial charge in [-0.2, -0.15) is 11.3 Å². The second-order valence-corrected chi connectivity index (χ2v) is 5.37. The van der Waals surface area contributed by atoms with Crippen LogP contribution >= 0.6 is 11.3 Å². The topological polar surface area (TPSA) is 51.2 Å². The summed E-state index contributed by atoms with van der Waals surface area (Å²) in [4.78, 5) is 16.4. The van der Waals surface area contributed by atoms with E-state index in [4.69, 9.17) is 4.74 Å². The van der Waals surface area contributed by atoms with Gasteiger partial charge in [0.05, 0.1) is 12.8 Å². The number of hydrogen-bond acceptors (Lipinski definition) is 4. The van der Waals surface area contributed by atoms with Crippen LogP contribution in [0.25, 0.3) is 17.0 Å². The third-order valence-electron chi connectivity index (χ3n) is 3.18. The molecule has 0 atom stereocenters. The summed E-state index contributed by atoms with van der Waals surface area (Å²) in [6.45, 7) is 0. The Morgan fingerprint density at radius 1 is 1.32 bits per heavy atom. The molecule has 1 amide bonds. The summed E-state index contributed by atoms with van der Waals surface area (Å²) in [5.74, 6) is 0.504. The average molecular weight is 310 g/mol. The van der Waals surface area contributed by atoms with Gasteiger partial charge in [-0.25, -0.2) is 0 Å². The molecule has 1 aromatic carbocycles. The Labute approximate surface area is 132 Å². The molecule has 110 valence electrons. The van der Waals surface area contributed by atoms with Crippen molar-refractivity contribution in [3.63, 3.8) is 0 Å². The lowest BCUT2D eigenvalue weighted by atomic mass is 10.1. The molecule has 2 aromatic heterocycles. The molecule has 0 aliphatic rings. The van der Waals surface area contributed by atoms with Gasteiger partial charge >= 0.3 is 0 Å². The van der Waals surface area contributed by atoms with Crippen LogP contribution in [0.3, 0.4) is 0 Å². The smallest absolute Gasteiger partial charge is 0.248 e. The Balaban J connectivity index is 1.86. The van der Waals surface area contributed by atoms with E-state index in [0.29, 0.717) is 11.4 Å². The Bertz CT molecular complexity index is 826. The quantitative estimate of drug-likeness (QED) is 0.742. The fraction of sp³-hybridized carbons (Fsp3) is 0.0588. The summed E-state index contributed by atoms with van der Waals surface area (Å²) in [6, 6.07) is 9.32. The van der Waals surface area contributed by atoms with Gasteiger partial charge in [-0.3, -0.25) is 9.78 Å². The first-order valence-corrected chi connectivity index (χ1v) is 7.65. The molecule has 3 rings (SSSR count). The first-order valence-electron chi connectivity index (χ1n) is 6.71. The van der Waals surface area contributed by atoms with Crippen LogP contribution in [-0.2, 0) is 4.79 Å². The molecule has 0 spiro atoms. The van der Waals surface area contributed by atoms with Crippen LogP contribution in [0.5, 0.6) is 5.75 Å². The van der Waals surface area contributed by atoms with Crippen molar-refractivity contribution >= 4 is 39.9 Å². The predicted octanol–water partition coefficient (Wildman–Crippen LogP) is 3.96. The highest BCUT2D eigenvalue weighted by molar-refractivity contribution is 7.08. The molecule has 5 heteroatoms. The van der Waals surface area contributed by atoms with Crippen molar-refractivity contribution in [2.45, 2.75) is 0 Å². The summed E-state index contributed by atoms with van der Waals surface area (Å²) in [7, 11) is 1.60. The number of nitrogens with zero attached hydrogens (tertiary/aromatic N) is 1. The van der Waals surface area contributed by atoms with Crippen LogP contribution in [0, 0.1) is 0 Å². The van der Waals surface area contributed by atoms with E-state index in [2.05, 4.69) is 10.3 Å². The van der Waals surface area contributed by atoms with Crippen LogP contribution in [0.4, 0.5) is 5.69 Å². The fourth-order valence-corrected chi connectivity index (χ4v) is 2.77. The van der Waals surface area contributed by atoms with Gasteiger partial charge in [-0.05, 0) is 52.7 Å². The minimum Gasteiger partial charge on any atom is -0.494 e. The van der Waals surface area contributed by atoms with Crippen molar-refractivity contribution in [3.8, 4) is 5.75 Å². The summed E-state index contributed by atoms with van der Waals surface area (Å²) >= 11 is 1.60. The number of rotatable bonds is 4. The number of pyridine rings is 1. The number of ether oxygens (including phenoxy) is 1. The maximum Gasteiger partial charge on any atom is 0.248 e. The highest BCUT2D eigenvalue weighted by atomic mass is 32.1. The molecular weight excluding hydrogens is 296 g/mol. The standard InChI is InChI=1S/C17H14N2O2S/c1-21-15-6-5-14(13-3-2-9-18-17(13)15)19-16(20)7-4-12-8-10-22-11-12/h2-11H,1H3,(H,19,20)/b7-4+. The number of anilines is 1. The van der Waals surface area contributed by atoms with E-state index < -0.39 is 0 Å². The number of nitrogens with one attached hydrogen (secondary N) is 1. The molecule has 22 heavy (non-hydrogen) atoms. The van der Waals surface area contributed by atoms with E-state index in [0.717, 1.165) is 16.5 Å². The first-order chi connectivity index (χ1) is 10.8. The second-order valence-electron chi connectivity index (χ2n) is 4.59. The van der Waals surface area contributed by atoms with Gasteiger partial charge in [-0.1, -0.05) is 0 Å². The predicted molar refractivity (Wildman–Crippen MR) is 90.3 cm³/mol. The number of carbonyl (C=O) groups is 1. The van der Waals surface area contributed by atoms with Gasteiger partial charge in [0, 0.05) is 17.7 Å². The van der Waals surface area contributed by atoms with Gasteiger partial charge < -0.3 is 10.1 Å². The van der Waals surface area contributed by atoms with E-state index in [-0.39, 0.29) is 5.91 Å². The maximum absolute atomic E-state index is 12.1. The zero-order chi connectivity index (χ0) is 15.4. The van der Waals surface area contributed by atoms with Gasteiger partial charge in [0.15, 0.2) is 0 Å². The average Bonchev–Trinajstić information content (AvgIpc) is 3.07. The monoisotopic (exact) mass is 310 g/mol. The molecule has 0 aliphatic heterocycles. The number of amides is 1. The summed E-state index contributed by atoms with van der Waals surface area (Å²) in [6.07, 6.45) is 5.01. The minimum absolute atomic E-state index is 0.179. The molecular formula is C17H14N2O2S. The number of hydrogen-bond donors (Lipinski definition) is 1. The van der Waals surface area contributed by atoms with Crippen molar-refractivity contribution in [2.75, 3.05) is 12.4 Å². The van der Waals surface area contributed by atoms with E-state index >= 15 is 0 Å². The summed E-state index contributed by atoms with van der Waals surface area (Å²) < 4.78 is 5.30. The van der Waals surface area contributed by atoms with Gasteiger partial charge in [0.25, 0.3) is 0 Å².